The number of hydrogen-bond donors (Lipinski definition) is 0. The second-order valence-electron chi connectivity index (χ2n) is 4.18. The molecule has 2 heterocycles. The van der Waals surface area contributed by atoms with Crippen LogP contribution in [0.3, 0.4) is 0 Å². The summed E-state index contributed by atoms with van der Waals surface area (Å²) in [5.74, 6) is 1.46. The molecule has 0 aliphatic carbocycles. The molecule has 4 nitrogen and oxygen atoms in total. The van der Waals surface area contributed by atoms with Crippen molar-refractivity contribution in [3.05, 3.63) is 33.4 Å². The Balaban J connectivity index is 2.59. The number of hydrogen-bond acceptors (Lipinski definition) is 4. The molecule has 0 radical (unpaired) electrons. The van der Waals surface area contributed by atoms with E-state index in [2.05, 4.69) is 49.7 Å². The van der Waals surface area contributed by atoms with Gasteiger partial charge in [-0.15, -0.1) is 0 Å². The smallest absolute Gasteiger partial charge is 0.180 e. The first-order valence-corrected chi connectivity index (χ1v) is 6.69. The van der Waals surface area contributed by atoms with Gasteiger partial charge in [0.1, 0.15) is 16.7 Å². The highest BCUT2D eigenvalue weighted by Crippen LogP contribution is 2.30. The molecule has 0 aliphatic heterocycles. The van der Waals surface area contributed by atoms with Crippen molar-refractivity contribution in [2.45, 2.75) is 26.7 Å². The van der Waals surface area contributed by atoms with Gasteiger partial charge in [-0.25, -0.2) is 19.9 Å². The lowest BCUT2D eigenvalue weighted by Crippen LogP contribution is -2.02. The highest BCUT2D eigenvalue weighted by atomic mass is 79.9. The van der Waals surface area contributed by atoms with Crippen LogP contribution in [0.2, 0.25) is 5.15 Å². The summed E-state index contributed by atoms with van der Waals surface area (Å²) in [5.41, 5.74) is 1.56. The summed E-state index contributed by atoms with van der Waals surface area (Å²) in [5, 5.41) is 0.403. The van der Waals surface area contributed by atoms with E-state index >= 15 is 0 Å². The van der Waals surface area contributed by atoms with Gasteiger partial charge < -0.3 is 0 Å². The lowest BCUT2D eigenvalue weighted by atomic mass is 10.1. The Morgan fingerprint density at radius 1 is 1.22 bits per heavy atom. The Labute approximate surface area is 119 Å². The minimum Gasteiger partial charge on any atom is -0.242 e. The summed E-state index contributed by atoms with van der Waals surface area (Å²) in [6.07, 6.45) is 1.69. The molecule has 0 aromatic carbocycles. The third kappa shape index (κ3) is 2.67. The van der Waals surface area contributed by atoms with Crippen molar-refractivity contribution >= 4 is 27.5 Å². The van der Waals surface area contributed by atoms with Gasteiger partial charge in [-0.3, -0.25) is 0 Å². The lowest BCUT2D eigenvalue weighted by Gasteiger charge is -2.10. The zero-order valence-electron chi connectivity index (χ0n) is 10.3. The van der Waals surface area contributed by atoms with Gasteiger partial charge in [0.2, 0.25) is 0 Å². The minimum atomic E-state index is 0.251. The lowest BCUT2D eigenvalue weighted by molar-refractivity contribution is 0.807. The maximum Gasteiger partial charge on any atom is 0.180 e. The Hall–Kier alpha value is -1.07. The van der Waals surface area contributed by atoms with Gasteiger partial charge in [0.05, 0.1) is 10.2 Å². The van der Waals surface area contributed by atoms with Crippen LogP contribution < -0.4 is 0 Å². The largest absolute Gasteiger partial charge is 0.242 e. The van der Waals surface area contributed by atoms with Crippen LogP contribution in [0.5, 0.6) is 0 Å². The van der Waals surface area contributed by atoms with E-state index in [0.717, 1.165) is 10.2 Å². The SMILES string of the molecule is Cc1nccc(-c2nc(Cl)c(Br)c(C(C)C)n2)n1. The topological polar surface area (TPSA) is 51.6 Å². The second kappa shape index (κ2) is 5.28. The van der Waals surface area contributed by atoms with Gasteiger partial charge in [-0.2, -0.15) is 0 Å². The molecule has 6 heteroatoms. The average Bonchev–Trinajstić information content (AvgIpc) is 2.32. The van der Waals surface area contributed by atoms with Crippen molar-refractivity contribution in [3.63, 3.8) is 0 Å². The van der Waals surface area contributed by atoms with Gasteiger partial charge in [-0.05, 0) is 34.8 Å². The standard InChI is InChI=1S/C12H12BrClN4/c1-6(2)10-9(13)11(14)18-12(17-10)8-4-5-15-7(3)16-8/h4-6H,1-3H3. The number of aromatic nitrogens is 4. The fourth-order valence-electron chi connectivity index (χ4n) is 1.51. The molecule has 2 aromatic heterocycles. The van der Waals surface area contributed by atoms with Crippen molar-refractivity contribution in [1.29, 1.82) is 0 Å². The van der Waals surface area contributed by atoms with Crippen molar-refractivity contribution in [3.8, 4) is 11.5 Å². The van der Waals surface area contributed by atoms with Crippen LogP contribution in [-0.4, -0.2) is 19.9 Å². The minimum absolute atomic E-state index is 0.251. The first-order chi connectivity index (χ1) is 8.49. The zero-order chi connectivity index (χ0) is 13.3. The molecule has 0 amide bonds. The van der Waals surface area contributed by atoms with Crippen molar-refractivity contribution < 1.29 is 0 Å². The summed E-state index contributed by atoms with van der Waals surface area (Å²) in [4.78, 5) is 17.1. The van der Waals surface area contributed by atoms with Gasteiger partial charge in [-0.1, -0.05) is 25.4 Å². The molecule has 0 unspecified atom stereocenters. The Morgan fingerprint density at radius 3 is 2.56 bits per heavy atom. The summed E-state index contributed by atoms with van der Waals surface area (Å²) in [6, 6.07) is 1.77. The molecule has 18 heavy (non-hydrogen) atoms. The van der Waals surface area contributed by atoms with E-state index in [-0.39, 0.29) is 5.92 Å². The molecule has 0 spiro atoms. The number of nitrogens with zero attached hydrogens (tertiary/aromatic N) is 4. The first-order valence-electron chi connectivity index (χ1n) is 5.52. The predicted molar refractivity (Wildman–Crippen MR) is 74.6 cm³/mol. The maximum absolute atomic E-state index is 6.11. The van der Waals surface area contributed by atoms with Crippen LogP contribution in [0.25, 0.3) is 11.5 Å². The van der Waals surface area contributed by atoms with E-state index in [1.165, 1.54) is 0 Å². The monoisotopic (exact) mass is 326 g/mol. The molecule has 0 N–H and O–H groups in total. The third-order valence-corrected chi connectivity index (χ3v) is 3.67. The number of halogens is 2. The second-order valence-corrected chi connectivity index (χ2v) is 5.33. The fraction of sp³-hybridized carbons (Fsp3) is 0.333. The van der Waals surface area contributed by atoms with Crippen LogP contribution in [0, 0.1) is 6.92 Å². The summed E-state index contributed by atoms with van der Waals surface area (Å²) in [6.45, 7) is 5.93. The van der Waals surface area contributed by atoms with Crippen LogP contribution in [0.1, 0.15) is 31.3 Å². The molecular formula is C12H12BrClN4. The van der Waals surface area contributed by atoms with E-state index in [4.69, 9.17) is 11.6 Å². The van der Waals surface area contributed by atoms with Gasteiger partial charge in [0.25, 0.3) is 0 Å². The Morgan fingerprint density at radius 2 is 1.94 bits per heavy atom. The molecule has 0 atom stereocenters. The Bertz CT molecular complexity index is 586. The average molecular weight is 328 g/mol. The fourth-order valence-corrected chi connectivity index (χ4v) is 2.33. The normalized spacial score (nSPS) is 11.0. The molecule has 0 bridgehead atoms. The van der Waals surface area contributed by atoms with E-state index in [0.29, 0.717) is 22.5 Å². The van der Waals surface area contributed by atoms with Crippen LogP contribution in [0.15, 0.2) is 16.7 Å². The first kappa shape index (κ1) is 13.4. The molecule has 0 saturated heterocycles. The number of aryl methyl sites for hydroxylation is 1. The highest BCUT2D eigenvalue weighted by Gasteiger charge is 2.15. The van der Waals surface area contributed by atoms with Crippen LogP contribution in [0.4, 0.5) is 0 Å². The van der Waals surface area contributed by atoms with Gasteiger partial charge in [0, 0.05) is 6.20 Å². The molecule has 94 valence electrons. The molecular weight excluding hydrogens is 316 g/mol. The highest BCUT2D eigenvalue weighted by molar-refractivity contribution is 9.10. The predicted octanol–water partition coefficient (Wildman–Crippen LogP) is 3.78. The quantitative estimate of drug-likeness (QED) is 0.788. The van der Waals surface area contributed by atoms with Crippen molar-refractivity contribution in [2.75, 3.05) is 0 Å². The van der Waals surface area contributed by atoms with E-state index < -0.39 is 0 Å². The molecule has 0 saturated carbocycles. The third-order valence-electron chi connectivity index (χ3n) is 2.39. The summed E-state index contributed by atoms with van der Waals surface area (Å²) < 4.78 is 0.744. The van der Waals surface area contributed by atoms with Crippen molar-refractivity contribution in [2.24, 2.45) is 0 Å². The molecule has 2 aromatic rings. The van der Waals surface area contributed by atoms with E-state index in [1.54, 1.807) is 12.3 Å². The van der Waals surface area contributed by atoms with Gasteiger partial charge >= 0.3 is 0 Å². The van der Waals surface area contributed by atoms with E-state index in [9.17, 15) is 0 Å². The molecule has 0 fully saturated rings. The van der Waals surface area contributed by atoms with E-state index in [1.807, 2.05) is 6.92 Å². The number of rotatable bonds is 2. The van der Waals surface area contributed by atoms with Crippen molar-refractivity contribution in [1.82, 2.24) is 19.9 Å². The Kier molecular flexibility index (Phi) is 3.92. The zero-order valence-corrected chi connectivity index (χ0v) is 12.6. The summed E-state index contributed by atoms with van der Waals surface area (Å²) in [7, 11) is 0. The maximum atomic E-state index is 6.11. The molecule has 2 rings (SSSR count). The van der Waals surface area contributed by atoms with Gasteiger partial charge in [0.15, 0.2) is 5.82 Å². The molecule has 0 aliphatic rings. The van der Waals surface area contributed by atoms with Crippen LogP contribution >= 0.6 is 27.5 Å². The summed E-state index contributed by atoms with van der Waals surface area (Å²) >= 11 is 9.52. The van der Waals surface area contributed by atoms with Crippen LogP contribution in [-0.2, 0) is 0 Å².